The van der Waals surface area contributed by atoms with Crippen LogP contribution in [0.5, 0.6) is 5.75 Å². The number of ether oxygens (including phenoxy) is 1. The minimum absolute atomic E-state index is 0.295. The number of hydrogen-bond donors (Lipinski definition) is 0. The molecule has 13 heavy (non-hydrogen) atoms. The van der Waals surface area contributed by atoms with Crippen LogP contribution in [0.4, 0.5) is 4.39 Å². The quantitative estimate of drug-likeness (QED) is 0.608. The third-order valence-corrected chi connectivity index (χ3v) is 2.64. The maximum atomic E-state index is 13.0. The topological polar surface area (TPSA) is 9.23 Å². The Morgan fingerprint density at radius 2 is 2.15 bits per heavy atom. The molecule has 4 heteroatoms. The van der Waals surface area contributed by atoms with Gasteiger partial charge in [0, 0.05) is 11.4 Å². The van der Waals surface area contributed by atoms with Crippen LogP contribution in [-0.2, 0) is 0 Å². The van der Waals surface area contributed by atoms with Crippen molar-refractivity contribution in [2.75, 3.05) is 11.9 Å². The molecule has 1 aromatic rings. The third-order valence-electron chi connectivity index (χ3n) is 1.44. The van der Waals surface area contributed by atoms with Crippen molar-refractivity contribution in [1.29, 1.82) is 0 Å². The zero-order valence-corrected chi connectivity index (χ0v) is 10.1. The standard InChI is InChI=1S/C9H9Br2FO/c10-4-1-5-13-7-2-3-8(11)9(12)6-7/h2-3,6H,1,4-5H2. The Balaban J connectivity index is 2.53. The van der Waals surface area contributed by atoms with E-state index >= 15 is 0 Å². The summed E-state index contributed by atoms with van der Waals surface area (Å²) in [7, 11) is 0. The van der Waals surface area contributed by atoms with E-state index in [1.165, 1.54) is 6.07 Å². The molecule has 0 aromatic heterocycles. The van der Waals surface area contributed by atoms with Crippen LogP contribution in [0.15, 0.2) is 22.7 Å². The molecule has 0 N–H and O–H groups in total. The Labute approximate surface area is 93.5 Å². The average molecular weight is 312 g/mol. The second kappa shape index (κ2) is 5.60. The first-order chi connectivity index (χ1) is 6.24. The van der Waals surface area contributed by atoms with Crippen LogP contribution in [0.2, 0.25) is 0 Å². The Bertz CT molecular complexity index is 278. The molecule has 72 valence electrons. The van der Waals surface area contributed by atoms with Gasteiger partial charge in [0.25, 0.3) is 0 Å². The molecule has 1 rings (SSSR count). The van der Waals surface area contributed by atoms with Gasteiger partial charge in [-0.25, -0.2) is 4.39 Å². The monoisotopic (exact) mass is 310 g/mol. The SMILES string of the molecule is Fc1cc(OCCCBr)ccc1Br. The van der Waals surface area contributed by atoms with Crippen LogP contribution < -0.4 is 4.74 Å². The summed E-state index contributed by atoms with van der Waals surface area (Å²) < 4.78 is 18.7. The predicted molar refractivity (Wildman–Crippen MR) is 58.0 cm³/mol. The molecule has 0 radical (unpaired) electrons. The maximum absolute atomic E-state index is 13.0. The van der Waals surface area contributed by atoms with Gasteiger partial charge in [-0.3, -0.25) is 0 Å². The lowest BCUT2D eigenvalue weighted by molar-refractivity contribution is 0.317. The molecule has 0 saturated carbocycles. The first kappa shape index (κ1) is 11.0. The first-order valence-corrected chi connectivity index (χ1v) is 5.79. The van der Waals surface area contributed by atoms with Crippen molar-refractivity contribution in [3.63, 3.8) is 0 Å². The van der Waals surface area contributed by atoms with Crippen molar-refractivity contribution in [2.24, 2.45) is 0 Å². The fourth-order valence-electron chi connectivity index (χ4n) is 0.811. The zero-order valence-electron chi connectivity index (χ0n) is 6.90. The molecule has 1 aromatic carbocycles. The van der Waals surface area contributed by atoms with E-state index in [1.54, 1.807) is 12.1 Å². The molecule has 1 nitrogen and oxygen atoms in total. The van der Waals surface area contributed by atoms with E-state index < -0.39 is 0 Å². The number of rotatable bonds is 4. The summed E-state index contributed by atoms with van der Waals surface area (Å²) in [5.41, 5.74) is 0. The van der Waals surface area contributed by atoms with Gasteiger partial charge in [-0.2, -0.15) is 0 Å². The maximum Gasteiger partial charge on any atom is 0.141 e. The summed E-state index contributed by atoms with van der Waals surface area (Å²) in [5.74, 6) is 0.276. The van der Waals surface area contributed by atoms with Crippen LogP contribution in [0.1, 0.15) is 6.42 Å². The van der Waals surface area contributed by atoms with Gasteiger partial charge in [0.15, 0.2) is 0 Å². The zero-order chi connectivity index (χ0) is 9.68. The van der Waals surface area contributed by atoms with Gasteiger partial charge in [0.05, 0.1) is 11.1 Å². The van der Waals surface area contributed by atoms with Crippen LogP contribution >= 0.6 is 31.9 Å². The van der Waals surface area contributed by atoms with Crippen LogP contribution in [0.3, 0.4) is 0 Å². The molecule has 0 saturated heterocycles. The van der Waals surface area contributed by atoms with Gasteiger partial charge in [0.2, 0.25) is 0 Å². The summed E-state index contributed by atoms with van der Waals surface area (Å²) in [6.45, 7) is 0.603. The average Bonchev–Trinajstić information content (AvgIpc) is 2.12. The van der Waals surface area contributed by atoms with E-state index in [-0.39, 0.29) is 5.82 Å². The second-order valence-electron chi connectivity index (χ2n) is 2.47. The minimum Gasteiger partial charge on any atom is -0.493 e. The van der Waals surface area contributed by atoms with Crippen LogP contribution in [0.25, 0.3) is 0 Å². The van der Waals surface area contributed by atoms with Crippen molar-refractivity contribution < 1.29 is 9.13 Å². The van der Waals surface area contributed by atoms with Gasteiger partial charge >= 0.3 is 0 Å². The molecule has 0 spiro atoms. The number of halogens is 3. The highest BCUT2D eigenvalue weighted by Crippen LogP contribution is 2.20. The van der Waals surface area contributed by atoms with Crippen molar-refractivity contribution in [3.8, 4) is 5.75 Å². The molecule has 0 aliphatic rings. The number of hydrogen-bond acceptors (Lipinski definition) is 1. The highest BCUT2D eigenvalue weighted by molar-refractivity contribution is 9.10. The summed E-state index contributed by atoms with van der Waals surface area (Å²) in [5, 5.41) is 0.895. The Kier molecular flexibility index (Phi) is 4.73. The highest BCUT2D eigenvalue weighted by atomic mass is 79.9. The largest absolute Gasteiger partial charge is 0.493 e. The minimum atomic E-state index is -0.295. The smallest absolute Gasteiger partial charge is 0.141 e. The second-order valence-corrected chi connectivity index (χ2v) is 4.11. The molecule has 0 heterocycles. The Hall–Kier alpha value is -0.0900. The van der Waals surface area contributed by atoms with E-state index in [0.29, 0.717) is 16.8 Å². The fraction of sp³-hybridized carbons (Fsp3) is 0.333. The lowest BCUT2D eigenvalue weighted by Crippen LogP contribution is -1.97. The molecular weight excluding hydrogens is 303 g/mol. The van der Waals surface area contributed by atoms with Crippen LogP contribution in [-0.4, -0.2) is 11.9 Å². The van der Waals surface area contributed by atoms with Gasteiger partial charge < -0.3 is 4.74 Å². The van der Waals surface area contributed by atoms with Crippen molar-refractivity contribution in [1.82, 2.24) is 0 Å². The normalized spacial score (nSPS) is 10.1. The van der Waals surface area contributed by atoms with Crippen molar-refractivity contribution in [2.45, 2.75) is 6.42 Å². The van der Waals surface area contributed by atoms with E-state index in [1.807, 2.05) is 0 Å². The Morgan fingerprint density at radius 3 is 2.77 bits per heavy atom. The van der Waals surface area contributed by atoms with Crippen molar-refractivity contribution in [3.05, 3.63) is 28.5 Å². The predicted octanol–water partition coefficient (Wildman–Crippen LogP) is 3.75. The molecule has 0 aliphatic carbocycles. The van der Waals surface area contributed by atoms with Gasteiger partial charge in [-0.05, 0) is 34.5 Å². The molecule has 0 fully saturated rings. The highest BCUT2D eigenvalue weighted by Gasteiger charge is 2.00. The molecule has 0 amide bonds. The van der Waals surface area contributed by atoms with Gasteiger partial charge in [-0.15, -0.1) is 0 Å². The van der Waals surface area contributed by atoms with E-state index in [9.17, 15) is 4.39 Å². The third kappa shape index (κ3) is 3.65. The summed E-state index contributed by atoms with van der Waals surface area (Å²) in [4.78, 5) is 0. The lowest BCUT2D eigenvalue weighted by atomic mass is 10.3. The lowest BCUT2D eigenvalue weighted by Gasteiger charge is -2.04. The van der Waals surface area contributed by atoms with Gasteiger partial charge in [0.1, 0.15) is 11.6 Å². The molecule has 0 atom stereocenters. The number of benzene rings is 1. The summed E-state index contributed by atoms with van der Waals surface area (Å²) in [6, 6.07) is 4.75. The van der Waals surface area contributed by atoms with Gasteiger partial charge in [-0.1, -0.05) is 15.9 Å². The Morgan fingerprint density at radius 1 is 1.38 bits per heavy atom. The van der Waals surface area contributed by atoms with Crippen molar-refractivity contribution >= 4 is 31.9 Å². The van der Waals surface area contributed by atoms with E-state index in [0.717, 1.165) is 11.8 Å². The summed E-state index contributed by atoms with van der Waals surface area (Å²) in [6.07, 6.45) is 0.914. The molecular formula is C9H9Br2FO. The molecule has 0 unspecified atom stereocenters. The molecule has 0 bridgehead atoms. The molecule has 0 aliphatic heterocycles. The summed E-state index contributed by atoms with van der Waals surface area (Å²) >= 11 is 6.36. The first-order valence-electron chi connectivity index (χ1n) is 3.88. The fourth-order valence-corrected chi connectivity index (χ4v) is 1.29. The number of alkyl halides is 1. The van der Waals surface area contributed by atoms with Crippen LogP contribution in [0, 0.1) is 5.82 Å². The van der Waals surface area contributed by atoms with E-state index in [2.05, 4.69) is 31.9 Å². The van der Waals surface area contributed by atoms with E-state index in [4.69, 9.17) is 4.74 Å².